The van der Waals surface area contributed by atoms with Crippen LogP contribution in [0.4, 0.5) is 0 Å². The summed E-state index contributed by atoms with van der Waals surface area (Å²) >= 11 is 0. The Balaban J connectivity index is -0.000000260. The lowest BCUT2D eigenvalue weighted by Crippen LogP contribution is -1.95. The van der Waals surface area contributed by atoms with E-state index in [-0.39, 0.29) is 17.2 Å². The van der Waals surface area contributed by atoms with Crippen molar-refractivity contribution in [3.8, 4) is 23.0 Å². The van der Waals surface area contributed by atoms with Gasteiger partial charge in [-0.2, -0.15) is 0 Å². The Hall–Kier alpha value is -2.59. The average Bonchev–Trinajstić information content (AvgIpc) is 3.33. The lowest BCUT2D eigenvalue weighted by Gasteiger charge is -2.17. The topological polar surface area (TPSA) is 221 Å². The van der Waals surface area contributed by atoms with Crippen LogP contribution in [0, 0.1) is 0 Å². The van der Waals surface area contributed by atoms with Crippen LogP contribution in [-0.2, 0) is 70.0 Å². The zero-order chi connectivity index (χ0) is 58.2. The monoisotopic (exact) mass is 1170 g/mol. The molecule has 4 aromatic carbocycles. The molecular formula is C48H89O18P7. The molecule has 25 heteroatoms. The summed E-state index contributed by atoms with van der Waals surface area (Å²) in [4.78, 5) is 0. The van der Waals surface area contributed by atoms with Crippen molar-refractivity contribution < 1.29 is 81.7 Å². The van der Waals surface area contributed by atoms with Gasteiger partial charge in [0.05, 0.1) is 0 Å². The maximum atomic E-state index is 11.8. The molecule has 0 heterocycles. The Bertz CT molecular complexity index is 2100. The first-order valence-corrected chi connectivity index (χ1v) is 38.1. The van der Waals surface area contributed by atoms with E-state index in [0.717, 1.165) is 6.42 Å². The summed E-state index contributed by atoms with van der Waals surface area (Å²) in [5, 5.41) is 0. The second-order valence-electron chi connectivity index (χ2n) is 14.6. The van der Waals surface area contributed by atoms with Crippen LogP contribution in [0.25, 0.3) is 0 Å². The third-order valence-corrected chi connectivity index (χ3v) is 14.4. The molecular weight excluding hydrogens is 1080 g/mol. The minimum absolute atomic E-state index is 0.248. The molecule has 73 heavy (non-hydrogen) atoms. The van der Waals surface area contributed by atoms with Gasteiger partial charge < -0.3 is 49.8 Å². The second-order valence-corrected chi connectivity index (χ2v) is 31.6. The first kappa shape index (κ1) is 79.3. The normalized spacial score (nSPS) is 11.6. The van der Waals surface area contributed by atoms with E-state index in [4.69, 9.17) is 18.1 Å². The number of hydrogen-bond donors (Lipinski definition) is 0. The summed E-state index contributed by atoms with van der Waals surface area (Å²) in [6.07, 6.45) is 1.03. The first-order chi connectivity index (χ1) is 33.7. The van der Waals surface area contributed by atoms with Crippen molar-refractivity contribution in [2.75, 3.05) is 116 Å². The standard InChI is InChI=1S/C13H12.C12H21O6P3.C8H11O3P.3C3H9O3P.3C2H6/c1-3-7-12(8-4-1)11-13-9-5-2-6-10-13;1-19(2,13)16-10-7-11(17-20(3,4)14)9-12(8-10)18-21(5,6)15;1-10-12(2,9)11-8-6-4-3-5-7-8;3*1-5-7(3,4)6-2;3*1-2/h1-10H,11H2;7-9H,1-6H3;3-7H,1-2H3;3*1-3H3;3*1-2H3. The minimum Gasteiger partial charge on any atom is -0.443 e. The average molecular weight is 1170 g/mol. The molecule has 18 nitrogen and oxygen atoms in total. The molecule has 0 aliphatic carbocycles. The van der Waals surface area contributed by atoms with E-state index >= 15 is 0 Å². The quantitative estimate of drug-likeness (QED) is 0.0897. The lowest BCUT2D eigenvalue weighted by molar-refractivity contribution is 0.281. The van der Waals surface area contributed by atoms with Crippen LogP contribution >= 0.6 is 52.5 Å². The molecule has 0 aliphatic rings. The van der Waals surface area contributed by atoms with Crippen LogP contribution < -0.4 is 18.1 Å². The maximum Gasteiger partial charge on any atom is 0.375 e. The number of para-hydroxylation sites is 1. The summed E-state index contributed by atoms with van der Waals surface area (Å²) in [7, 11) is -9.72. The van der Waals surface area contributed by atoms with Crippen molar-refractivity contribution in [2.24, 2.45) is 0 Å². The van der Waals surface area contributed by atoms with Crippen molar-refractivity contribution in [3.63, 3.8) is 0 Å². The second kappa shape index (κ2) is 42.5. The van der Waals surface area contributed by atoms with Gasteiger partial charge in [-0.3, -0.25) is 27.4 Å². The number of benzene rings is 4. The largest absolute Gasteiger partial charge is 0.443 e. The van der Waals surface area contributed by atoms with Crippen LogP contribution in [0.5, 0.6) is 23.0 Å². The number of hydrogen-bond acceptors (Lipinski definition) is 18. The molecule has 0 radical (unpaired) electrons. The fourth-order valence-corrected chi connectivity index (χ4v) is 6.69. The summed E-state index contributed by atoms with van der Waals surface area (Å²) in [5.74, 6) is 1.30. The lowest BCUT2D eigenvalue weighted by atomic mass is 10.1. The van der Waals surface area contributed by atoms with Gasteiger partial charge in [0.1, 0.15) is 23.0 Å². The summed E-state index contributed by atoms with van der Waals surface area (Å²) in [5.41, 5.74) is 2.74. The molecule has 0 saturated carbocycles. The van der Waals surface area contributed by atoms with Gasteiger partial charge in [0.2, 0.25) is 22.1 Å². The van der Waals surface area contributed by atoms with Crippen molar-refractivity contribution in [1.82, 2.24) is 0 Å². The van der Waals surface area contributed by atoms with Crippen molar-refractivity contribution in [3.05, 3.63) is 120 Å². The highest BCUT2D eigenvalue weighted by molar-refractivity contribution is 7.58. The van der Waals surface area contributed by atoms with E-state index < -0.39 is 52.5 Å². The SMILES string of the molecule is CC.CC.CC.COP(C)(=O)OC.COP(C)(=O)OC.COP(C)(=O)OC.COP(C)(=O)Oc1ccccc1.CP(C)(=O)Oc1cc(OP(C)(C)=O)cc(OP(C)(C)=O)c1.c1ccc(Cc2ccccc2)cc1. The summed E-state index contributed by atoms with van der Waals surface area (Å²) < 4.78 is 130. The van der Waals surface area contributed by atoms with E-state index in [0.29, 0.717) is 5.75 Å². The van der Waals surface area contributed by atoms with E-state index in [1.54, 1.807) is 12.1 Å². The summed E-state index contributed by atoms with van der Waals surface area (Å²) in [6.45, 7) is 26.5. The van der Waals surface area contributed by atoms with E-state index in [1.165, 1.54) is 146 Å². The van der Waals surface area contributed by atoms with Gasteiger partial charge in [-0.05, 0) is 29.7 Å². The fourth-order valence-electron chi connectivity index (χ4n) is 3.83. The Morgan fingerprint density at radius 2 is 0.493 bits per heavy atom. The predicted octanol–water partition coefficient (Wildman–Crippen LogP) is 16.6. The minimum atomic E-state index is -2.90. The van der Waals surface area contributed by atoms with E-state index in [9.17, 15) is 32.0 Å². The zero-order valence-corrected chi connectivity index (χ0v) is 53.8. The fraction of sp³-hybridized carbons (Fsp3) is 0.500. The molecule has 424 valence electrons. The van der Waals surface area contributed by atoms with Crippen molar-refractivity contribution in [1.29, 1.82) is 0 Å². The van der Waals surface area contributed by atoms with Gasteiger partial charge in [0.15, 0.2) is 0 Å². The van der Waals surface area contributed by atoms with Crippen LogP contribution in [-0.4, -0.2) is 116 Å². The predicted molar refractivity (Wildman–Crippen MR) is 307 cm³/mol. The molecule has 1 atom stereocenters. The van der Waals surface area contributed by atoms with Gasteiger partial charge >= 0.3 is 30.4 Å². The number of rotatable bonds is 17. The molecule has 0 bridgehead atoms. The van der Waals surface area contributed by atoms with Gasteiger partial charge in [0, 0.05) is 135 Å². The molecule has 0 spiro atoms. The molecule has 4 rings (SSSR count). The highest BCUT2D eigenvalue weighted by Crippen LogP contribution is 2.48. The molecule has 0 aromatic heterocycles. The highest BCUT2D eigenvalue weighted by Gasteiger charge is 2.18. The molecule has 1 unspecified atom stereocenters. The van der Waals surface area contributed by atoms with Gasteiger partial charge in [0.25, 0.3) is 0 Å². The Morgan fingerprint density at radius 3 is 0.671 bits per heavy atom. The van der Waals surface area contributed by atoms with Gasteiger partial charge in [-0.25, -0.2) is 4.57 Å². The smallest absolute Gasteiger partial charge is 0.375 e. The maximum absolute atomic E-state index is 11.8. The molecule has 4 aromatic rings. The zero-order valence-electron chi connectivity index (χ0n) is 47.6. The van der Waals surface area contributed by atoms with Crippen LogP contribution in [0.3, 0.4) is 0 Å². The summed E-state index contributed by atoms with van der Waals surface area (Å²) in [6, 6.07) is 34.4. The third kappa shape index (κ3) is 51.3. The van der Waals surface area contributed by atoms with E-state index in [1.807, 2.05) is 59.7 Å². The van der Waals surface area contributed by atoms with E-state index in [2.05, 4.69) is 92.3 Å². The first-order valence-electron chi connectivity index (χ1n) is 22.6. The molecule has 0 aliphatic heterocycles. The van der Waals surface area contributed by atoms with Crippen LogP contribution in [0.1, 0.15) is 52.7 Å². The molecule has 0 saturated heterocycles. The molecule has 0 amide bonds. The third-order valence-electron chi connectivity index (χ3n) is 7.26. The van der Waals surface area contributed by atoms with Crippen LogP contribution in [0.15, 0.2) is 109 Å². The Labute approximate surface area is 440 Å². The van der Waals surface area contributed by atoms with Crippen molar-refractivity contribution in [2.45, 2.75) is 48.0 Å². The molecule has 0 N–H and O–H groups in total. The van der Waals surface area contributed by atoms with Crippen LogP contribution in [0.2, 0.25) is 0 Å². The highest BCUT2D eigenvalue weighted by atomic mass is 31.2. The van der Waals surface area contributed by atoms with Crippen molar-refractivity contribution >= 4 is 52.5 Å². The molecule has 0 fully saturated rings. The Kier molecular flexibility index (Phi) is 46.2. The van der Waals surface area contributed by atoms with Gasteiger partial charge in [-0.15, -0.1) is 0 Å². The van der Waals surface area contributed by atoms with Gasteiger partial charge in [-0.1, -0.05) is 120 Å². The Morgan fingerprint density at radius 1 is 0.288 bits per heavy atom.